The summed E-state index contributed by atoms with van der Waals surface area (Å²) in [5, 5.41) is 8.89. The molecule has 2 N–H and O–H groups in total. The van der Waals surface area contributed by atoms with E-state index in [0.29, 0.717) is 5.92 Å². The number of hydrogen-bond donors (Lipinski definition) is 2. The largest absolute Gasteiger partial charge is 0.357 e. The summed E-state index contributed by atoms with van der Waals surface area (Å²) >= 11 is 1.86. The van der Waals surface area contributed by atoms with Gasteiger partial charge >= 0.3 is 0 Å². The topological polar surface area (TPSA) is 39.7 Å². The van der Waals surface area contributed by atoms with Crippen LogP contribution in [0.5, 0.6) is 0 Å². The van der Waals surface area contributed by atoms with E-state index in [9.17, 15) is 0 Å². The van der Waals surface area contributed by atoms with E-state index < -0.39 is 0 Å². The molecule has 0 saturated carbocycles. The highest BCUT2D eigenvalue weighted by molar-refractivity contribution is 7.09. The molecule has 1 aliphatic rings. The Labute approximate surface area is 139 Å². The number of likely N-dealkylation sites (tertiary alicyclic amines) is 1. The van der Waals surface area contributed by atoms with E-state index in [4.69, 9.17) is 4.99 Å². The van der Waals surface area contributed by atoms with Gasteiger partial charge in [-0.05, 0) is 50.1 Å². The van der Waals surface area contributed by atoms with Crippen molar-refractivity contribution in [3.05, 3.63) is 22.4 Å². The molecule has 0 aliphatic carbocycles. The second-order valence-corrected chi connectivity index (χ2v) is 7.00. The summed E-state index contributed by atoms with van der Waals surface area (Å²) in [4.78, 5) is 8.84. The van der Waals surface area contributed by atoms with Crippen molar-refractivity contribution in [1.29, 1.82) is 0 Å². The van der Waals surface area contributed by atoms with Gasteiger partial charge in [-0.15, -0.1) is 11.3 Å². The average Bonchev–Trinajstić information content (AvgIpc) is 3.03. The summed E-state index contributed by atoms with van der Waals surface area (Å²) in [7, 11) is 0. The van der Waals surface area contributed by atoms with Crippen molar-refractivity contribution >= 4 is 17.3 Å². The minimum atomic E-state index is 0.686. The van der Waals surface area contributed by atoms with Crippen molar-refractivity contribution < 1.29 is 0 Å². The van der Waals surface area contributed by atoms with Crippen LogP contribution in [0.1, 0.15) is 38.0 Å². The Hall–Kier alpha value is -1.07. The third-order valence-corrected chi connectivity index (χ3v) is 4.82. The van der Waals surface area contributed by atoms with Crippen LogP contribution in [-0.4, -0.2) is 43.6 Å². The van der Waals surface area contributed by atoms with Crippen LogP contribution < -0.4 is 10.6 Å². The minimum absolute atomic E-state index is 0.686. The normalized spacial score (nSPS) is 20.1. The zero-order valence-electron chi connectivity index (χ0n) is 14.0. The molecule has 124 valence electrons. The fourth-order valence-electron chi connectivity index (χ4n) is 2.87. The Morgan fingerprint density at radius 3 is 3.05 bits per heavy atom. The van der Waals surface area contributed by atoms with E-state index in [1.165, 1.54) is 30.8 Å². The molecule has 1 saturated heterocycles. The molecule has 5 heteroatoms. The molecule has 0 bridgehead atoms. The van der Waals surface area contributed by atoms with Gasteiger partial charge in [-0.1, -0.05) is 13.0 Å². The third kappa shape index (κ3) is 5.97. The number of hydrogen-bond acceptors (Lipinski definition) is 3. The molecule has 0 amide bonds. The van der Waals surface area contributed by atoms with Crippen molar-refractivity contribution in [1.82, 2.24) is 15.5 Å². The fraction of sp³-hybridized carbons (Fsp3) is 0.706. The molecule has 1 atom stereocenters. The molecule has 1 unspecified atom stereocenters. The van der Waals surface area contributed by atoms with Crippen molar-refractivity contribution in [2.24, 2.45) is 10.9 Å². The van der Waals surface area contributed by atoms with Gasteiger partial charge < -0.3 is 10.6 Å². The molecule has 0 spiro atoms. The van der Waals surface area contributed by atoms with Crippen molar-refractivity contribution in [3.63, 3.8) is 0 Å². The number of guanidine groups is 1. The van der Waals surface area contributed by atoms with Gasteiger partial charge in [0.05, 0.1) is 0 Å². The van der Waals surface area contributed by atoms with Gasteiger partial charge in [0.25, 0.3) is 0 Å². The van der Waals surface area contributed by atoms with Crippen LogP contribution in [0, 0.1) is 5.92 Å². The maximum absolute atomic E-state index is 4.78. The number of nitrogens with zero attached hydrogens (tertiary/aromatic N) is 2. The van der Waals surface area contributed by atoms with Gasteiger partial charge in [-0.2, -0.15) is 0 Å². The lowest BCUT2D eigenvalue weighted by Gasteiger charge is -2.31. The zero-order chi connectivity index (χ0) is 15.6. The van der Waals surface area contributed by atoms with Crippen LogP contribution in [-0.2, 0) is 6.54 Å². The molecule has 1 aliphatic heterocycles. The highest BCUT2D eigenvalue weighted by Crippen LogP contribution is 2.20. The molecule has 2 rings (SSSR count). The first-order valence-electron chi connectivity index (χ1n) is 8.58. The first kappa shape index (κ1) is 17.3. The first-order chi connectivity index (χ1) is 10.8. The molecular weight excluding hydrogens is 292 g/mol. The van der Waals surface area contributed by atoms with Crippen LogP contribution >= 0.6 is 11.3 Å². The minimum Gasteiger partial charge on any atom is -0.357 e. The van der Waals surface area contributed by atoms with Gasteiger partial charge in [0.2, 0.25) is 0 Å². The smallest absolute Gasteiger partial charge is 0.191 e. The Kier molecular flexibility index (Phi) is 7.74. The van der Waals surface area contributed by atoms with Crippen LogP contribution in [0.2, 0.25) is 0 Å². The SMILES string of the molecule is CCCNC(=NCC1CCCN(Cc2cccs2)C1)NCC. The highest BCUT2D eigenvalue weighted by atomic mass is 32.1. The summed E-state index contributed by atoms with van der Waals surface area (Å²) in [6.45, 7) is 10.6. The number of aliphatic imine (C=N–C) groups is 1. The molecule has 22 heavy (non-hydrogen) atoms. The Morgan fingerprint density at radius 1 is 1.41 bits per heavy atom. The molecule has 2 heterocycles. The lowest BCUT2D eigenvalue weighted by Crippen LogP contribution is -2.39. The van der Waals surface area contributed by atoms with Gasteiger partial charge in [0.1, 0.15) is 0 Å². The monoisotopic (exact) mass is 322 g/mol. The molecule has 0 aromatic carbocycles. The molecule has 0 radical (unpaired) electrons. The first-order valence-corrected chi connectivity index (χ1v) is 9.46. The number of piperidine rings is 1. The highest BCUT2D eigenvalue weighted by Gasteiger charge is 2.20. The predicted molar refractivity (Wildman–Crippen MR) is 96.6 cm³/mol. The number of thiophene rings is 1. The van der Waals surface area contributed by atoms with Crippen LogP contribution in [0.4, 0.5) is 0 Å². The van der Waals surface area contributed by atoms with E-state index in [1.54, 1.807) is 0 Å². The lowest BCUT2D eigenvalue weighted by atomic mass is 9.98. The maximum atomic E-state index is 4.78. The molecule has 1 aromatic heterocycles. The average molecular weight is 323 g/mol. The van der Waals surface area contributed by atoms with Crippen molar-refractivity contribution in [3.8, 4) is 0 Å². The van der Waals surface area contributed by atoms with Crippen LogP contribution in [0.3, 0.4) is 0 Å². The van der Waals surface area contributed by atoms with E-state index in [0.717, 1.165) is 38.6 Å². The second kappa shape index (κ2) is 9.85. The quantitative estimate of drug-likeness (QED) is 0.599. The lowest BCUT2D eigenvalue weighted by molar-refractivity contribution is 0.172. The molecular formula is C17H30N4S. The maximum Gasteiger partial charge on any atom is 0.191 e. The predicted octanol–water partition coefficient (Wildman–Crippen LogP) is 2.93. The Bertz CT molecular complexity index is 430. The summed E-state index contributed by atoms with van der Waals surface area (Å²) < 4.78 is 0. The Morgan fingerprint density at radius 2 is 2.32 bits per heavy atom. The van der Waals surface area contributed by atoms with Crippen molar-refractivity contribution in [2.75, 3.05) is 32.7 Å². The molecule has 1 aromatic rings. The van der Waals surface area contributed by atoms with E-state index in [2.05, 4.69) is 46.9 Å². The van der Waals surface area contributed by atoms with Gasteiger partial charge in [0.15, 0.2) is 5.96 Å². The van der Waals surface area contributed by atoms with E-state index in [-0.39, 0.29) is 0 Å². The van der Waals surface area contributed by atoms with E-state index in [1.807, 2.05) is 11.3 Å². The summed E-state index contributed by atoms with van der Waals surface area (Å²) in [5.41, 5.74) is 0. The van der Waals surface area contributed by atoms with Crippen LogP contribution in [0.25, 0.3) is 0 Å². The Balaban J connectivity index is 1.80. The number of rotatable bonds is 7. The number of nitrogens with one attached hydrogen (secondary N) is 2. The van der Waals surface area contributed by atoms with Gasteiger partial charge in [0, 0.05) is 37.6 Å². The summed E-state index contributed by atoms with van der Waals surface area (Å²) in [6, 6.07) is 4.39. The fourth-order valence-corrected chi connectivity index (χ4v) is 3.62. The second-order valence-electron chi connectivity index (χ2n) is 5.97. The van der Waals surface area contributed by atoms with Crippen LogP contribution in [0.15, 0.2) is 22.5 Å². The molecule has 4 nitrogen and oxygen atoms in total. The standard InChI is InChI=1S/C17H30N4S/c1-3-9-19-17(18-4-2)20-12-15-7-5-10-21(13-15)14-16-8-6-11-22-16/h6,8,11,15H,3-5,7,9-10,12-14H2,1-2H3,(H2,18,19,20). The van der Waals surface area contributed by atoms with E-state index >= 15 is 0 Å². The summed E-state index contributed by atoms with van der Waals surface area (Å²) in [6.07, 6.45) is 3.73. The van der Waals surface area contributed by atoms with Crippen molar-refractivity contribution in [2.45, 2.75) is 39.7 Å². The summed E-state index contributed by atoms with van der Waals surface area (Å²) in [5.74, 6) is 1.66. The van der Waals surface area contributed by atoms with Gasteiger partial charge in [-0.25, -0.2) is 0 Å². The zero-order valence-corrected chi connectivity index (χ0v) is 14.8. The third-order valence-electron chi connectivity index (χ3n) is 3.96. The van der Waals surface area contributed by atoms with Gasteiger partial charge in [-0.3, -0.25) is 9.89 Å². The molecule has 1 fully saturated rings.